The number of rotatable bonds is 5. The van der Waals surface area contributed by atoms with Gasteiger partial charge in [-0.25, -0.2) is 9.59 Å². The molecule has 1 aliphatic heterocycles. The fraction of sp³-hybridized carbons (Fsp3) is 0.500. The van der Waals surface area contributed by atoms with Gasteiger partial charge in [0, 0.05) is 4.47 Å². The lowest BCUT2D eigenvalue weighted by Gasteiger charge is -2.35. The van der Waals surface area contributed by atoms with Crippen LogP contribution >= 0.6 is 15.9 Å². The minimum absolute atomic E-state index is 0.00183. The van der Waals surface area contributed by atoms with Gasteiger partial charge in [-0.05, 0) is 35.1 Å². The zero-order chi connectivity index (χ0) is 20.3. The number of carbonyl (C=O) groups excluding carboxylic acids is 2. The van der Waals surface area contributed by atoms with Gasteiger partial charge in [0.05, 0.1) is 32.1 Å². The summed E-state index contributed by atoms with van der Waals surface area (Å²) in [6.45, 7) is 8.49. The van der Waals surface area contributed by atoms with Crippen LogP contribution in [0.15, 0.2) is 27.9 Å². The summed E-state index contributed by atoms with van der Waals surface area (Å²) >= 11 is 3.58. The molecule has 148 valence electrons. The van der Waals surface area contributed by atoms with Gasteiger partial charge in [-0.1, -0.05) is 43.6 Å². The molecule has 1 aliphatic rings. The number of hydrogen-bond acceptors (Lipinski definition) is 6. The van der Waals surface area contributed by atoms with Gasteiger partial charge in [0.2, 0.25) is 0 Å². The molecule has 0 amide bonds. The molecular weight excluding hydrogens is 414 g/mol. The Morgan fingerprint density at radius 2 is 1.56 bits per heavy atom. The lowest BCUT2D eigenvalue weighted by atomic mass is 9.91. The number of halogens is 1. The molecule has 1 aromatic rings. The van der Waals surface area contributed by atoms with E-state index < -0.39 is 11.9 Å². The number of esters is 2. The van der Waals surface area contributed by atoms with Crippen LogP contribution in [-0.2, 0) is 23.8 Å². The van der Waals surface area contributed by atoms with Crippen LogP contribution in [0.3, 0.4) is 0 Å². The first-order valence-corrected chi connectivity index (χ1v) is 9.60. The minimum Gasteiger partial charge on any atom is -0.466 e. The van der Waals surface area contributed by atoms with Crippen LogP contribution in [0, 0.1) is 0 Å². The van der Waals surface area contributed by atoms with E-state index in [1.54, 1.807) is 4.90 Å². The largest absolute Gasteiger partial charge is 0.466 e. The normalized spacial score (nSPS) is 14.8. The van der Waals surface area contributed by atoms with Crippen molar-refractivity contribution >= 4 is 33.6 Å². The topological polar surface area (TPSA) is 65.1 Å². The maximum absolute atomic E-state index is 12.6. The van der Waals surface area contributed by atoms with Gasteiger partial charge in [-0.15, -0.1) is 0 Å². The first-order valence-electron chi connectivity index (χ1n) is 8.81. The molecule has 0 atom stereocenters. The van der Waals surface area contributed by atoms with E-state index in [1.165, 1.54) is 14.2 Å². The molecule has 1 aromatic carbocycles. The monoisotopic (exact) mass is 439 g/mol. The quantitative estimate of drug-likeness (QED) is 0.643. The van der Waals surface area contributed by atoms with Gasteiger partial charge in [0.25, 0.3) is 0 Å². The second-order valence-electron chi connectivity index (χ2n) is 6.96. The number of nitrogens with zero attached hydrogens (tertiary/aromatic N) is 1. The van der Waals surface area contributed by atoms with Gasteiger partial charge < -0.3 is 19.1 Å². The van der Waals surface area contributed by atoms with Crippen LogP contribution in [0.5, 0.6) is 0 Å². The lowest BCUT2D eigenvalue weighted by Crippen LogP contribution is -2.40. The molecule has 0 saturated carbocycles. The van der Waals surface area contributed by atoms with Crippen molar-refractivity contribution in [1.29, 1.82) is 0 Å². The molecule has 0 aliphatic carbocycles. The standard InChI is InChI=1S/C20H26BrNO5/c1-11(2)14-7-13(21)8-15(12(3)4)17(14)22-10-27-9-16(19(23)25-5)18(22)20(24)26-6/h7-8,11-12H,9-10H2,1-6H3. The average molecular weight is 440 g/mol. The third kappa shape index (κ3) is 4.35. The van der Waals surface area contributed by atoms with Crippen LogP contribution in [0.1, 0.15) is 50.7 Å². The highest BCUT2D eigenvalue weighted by atomic mass is 79.9. The Hall–Kier alpha value is -1.86. The predicted octanol–water partition coefficient (Wildman–Crippen LogP) is 4.09. The summed E-state index contributed by atoms with van der Waals surface area (Å²) < 4.78 is 16.4. The molecule has 1 heterocycles. The molecule has 0 aromatic heterocycles. The van der Waals surface area contributed by atoms with Gasteiger partial charge in [-0.3, -0.25) is 0 Å². The second kappa shape index (κ2) is 8.89. The third-order valence-corrected chi connectivity index (χ3v) is 4.94. The molecule has 0 N–H and O–H groups in total. The maximum atomic E-state index is 12.6. The van der Waals surface area contributed by atoms with E-state index in [9.17, 15) is 9.59 Å². The van der Waals surface area contributed by atoms with Crippen LogP contribution in [0.25, 0.3) is 0 Å². The van der Waals surface area contributed by atoms with E-state index in [1.807, 2.05) is 12.1 Å². The number of carbonyl (C=O) groups is 2. The molecule has 0 bridgehead atoms. The van der Waals surface area contributed by atoms with Gasteiger partial charge in [-0.2, -0.15) is 0 Å². The van der Waals surface area contributed by atoms with E-state index in [-0.39, 0.29) is 36.4 Å². The van der Waals surface area contributed by atoms with Crippen molar-refractivity contribution in [1.82, 2.24) is 0 Å². The Labute approximate surface area is 168 Å². The highest BCUT2D eigenvalue weighted by molar-refractivity contribution is 9.10. The fourth-order valence-electron chi connectivity index (χ4n) is 3.15. The van der Waals surface area contributed by atoms with Crippen molar-refractivity contribution in [3.05, 3.63) is 39.0 Å². The first-order chi connectivity index (χ1) is 12.7. The molecule has 0 spiro atoms. The Bertz CT molecular complexity index is 741. The summed E-state index contributed by atoms with van der Waals surface area (Å²) in [5, 5.41) is 0. The summed E-state index contributed by atoms with van der Waals surface area (Å²) in [5.41, 5.74) is 3.28. The zero-order valence-corrected chi connectivity index (χ0v) is 18.2. The minimum atomic E-state index is -0.602. The van der Waals surface area contributed by atoms with Crippen molar-refractivity contribution in [2.45, 2.75) is 39.5 Å². The summed E-state index contributed by atoms with van der Waals surface area (Å²) in [4.78, 5) is 26.6. The van der Waals surface area contributed by atoms with Crippen LogP contribution < -0.4 is 4.90 Å². The summed E-state index contributed by atoms with van der Waals surface area (Å²) in [6.07, 6.45) is 0. The van der Waals surface area contributed by atoms with Gasteiger partial charge in [0.15, 0.2) is 0 Å². The summed E-state index contributed by atoms with van der Waals surface area (Å²) in [7, 11) is 2.58. The van der Waals surface area contributed by atoms with Gasteiger partial charge in [0.1, 0.15) is 12.4 Å². The Kier molecular flexibility index (Phi) is 7.06. The second-order valence-corrected chi connectivity index (χ2v) is 7.87. The Balaban J connectivity index is 2.81. The first kappa shape index (κ1) is 21.4. The van der Waals surface area contributed by atoms with E-state index >= 15 is 0 Å². The number of hydrogen-bond donors (Lipinski definition) is 0. The molecular formula is C20H26BrNO5. The Morgan fingerprint density at radius 1 is 1.04 bits per heavy atom. The van der Waals surface area contributed by atoms with Crippen LogP contribution in [-0.4, -0.2) is 39.5 Å². The smallest absolute Gasteiger partial charge is 0.355 e. The number of ether oxygens (including phenoxy) is 3. The summed E-state index contributed by atoms with van der Waals surface area (Å²) in [6, 6.07) is 4.07. The van der Waals surface area contributed by atoms with E-state index in [0.717, 1.165) is 21.3 Å². The maximum Gasteiger partial charge on any atom is 0.355 e. The Morgan fingerprint density at radius 3 is 2.00 bits per heavy atom. The van der Waals surface area contributed by atoms with E-state index in [4.69, 9.17) is 14.2 Å². The molecule has 6 nitrogen and oxygen atoms in total. The van der Waals surface area contributed by atoms with Crippen molar-refractivity contribution in [2.24, 2.45) is 0 Å². The molecule has 0 fully saturated rings. The molecule has 0 radical (unpaired) electrons. The molecule has 0 unspecified atom stereocenters. The predicted molar refractivity (Wildman–Crippen MR) is 107 cm³/mol. The third-order valence-electron chi connectivity index (χ3n) is 4.48. The zero-order valence-electron chi connectivity index (χ0n) is 16.6. The van der Waals surface area contributed by atoms with Crippen LogP contribution in [0.4, 0.5) is 5.69 Å². The van der Waals surface area contributed by atoms with Crippen molar-refractivity contribution < 1.29 is 23.8 Å². The molecule has 0 saturated heterocycles. The van der Waals surface area contributed by atoms with Crippen LogP contribution in [0.2, 0.25) is 0 Å². The summed E-state index contributed by atoms with van der Waals surface area (Å²) in [5.74, 6) is -0.810. The van der Waals surface area contributed by atoms with Crippen molar-refractivity contribution in [3.8, 4) is 0 Å². The number of anilines is 1. The lowest BCUT2D eigenvalue weighted by molar-refractivity contribution is -0.140. The van der Waals surface area contributed by atoms with Gasteiger partial charge >= 0.3 is 11.9 Å². The molecule has 2 rings (SSSR count). The number of benzene rings is 1. The highest BCUT2D eigenvalue weighted by Crippen LogP contribution is 2.41. The molecule has 27 heavy (non-hydrogen) atoms. The van der Waals surface area contributed by atoms with E-state index in [0.29, 0.717) is 0 Å². The van der Waals surface area contributed by atoms with Crippen molar-refractivity contribution in [3.63, 3.8) is 0 Å². The van der Waals surface area contributed by atoms with E-state index in [2.05, 4.69) is 43.6 Å². The SMILES string of the molecule is COC(=O)C1=C(C(=O)OC)N(c2c(C(C)C)cc(Br)cc2C(C)C)COC1. The van der Waals surface area contributed by atoms with Crippen molar-refractivity contribution in [2.75, 3.05) is 32.5 Å². The fourth-order valence-corrected chi connectivity index (χ4v) is 3.65. The number of methoxy groups -OCH3 is 2. The highest BCUT2D eigenvalue weighted by Gasteiger charge is 2.35. The average Bonchev–Trinajstić information content (AvgIpc) is 2.65. The molecule has 7 heteroatoms.